The first-order valence-electron chi connectivity index (χ1n) is 10.1. The number of methoxy groups -OCH3 is 1. The molecule has 1 amide bonds. The topological polar surface area (TPSA) is 111 Å². The first-order chi connectivity index (χ1) is 16.7. The lowest BCUT2D eigenvalue weighted by Crippen LogP contribution is -2.24. The standard InChI is InChI=1S/C23H19Cl2N3O5S2/c1-32-17-6-4-16(5-7-17)28-35(30,31)18-8-9-21-20(11-18)27-23(33-21)34-13-22(29)26-12-14-2-3-15(24)10-19(14)25/h2-11,28H,12-13H2,1H3,(H,26,29). The van der Waals surface area contributed by atoms with E-state index < -0.39 is 10.0 Å². The Morgan fingerprint density at radius 2 is 1.86 bits per heavy atom. The van der Waals surface area contributed by atoms with Gasteiger partial charge >= 0.3 is 0 Å². The lowest BCUT2D eigenvalue weighted by molar-refractivity contribution is -0.118. The summed E-state index contributed by atoms with van der Waals surface area (Å²) < 4.78 is 38.8. The number of nitrogens with zero attached hydrogens (tertiary/aromatic N) is 1. The van der Waals surface area contributed by atoms with Crippen molar-refractivity contribution in [3.8, 4) is 5.75 Å². The van der Waals surface area contributed by atoms with Crippen LogP contribution in [0.2, 0.25) is 10.0 Å². The minimum absolute atomic E-state index is 0.0308. The molecule has 35 heavy (non-hydrogen) atoms. The van der Waals surface area contributed by atoms with Crippen LogP contribution in [0.3, 0.4) is 0 Å². The molecule has 2 N–H and O–H groups in total. The number of fused-ring (bicyclic) bond motifs is 1. The van der Waals surface area contributed by atoms with Gasteiger partial charge in [-0.25, -0.2) is 13.4 Å². The highest BCUT2D eigenvalue weighted by Crippen LogP contribution is 2.27. The Kier molecular flexibility index (Phi) is 7.75. The molecular weight excluding hydrogens is 533 g/mol. The van der Waals surface area contributed by atoms with Crippen LogP contribution in [-0.2, 0) is 21.4 Å². The molecular formula is C23H19Cl2N3O5S2. The number of halogens is 2. The molecule has 0 radical (unpaired) electrons. The normalized spacial score (nSPS) is 11.4. The maximum atomic E-state index is 12.8. The first kappa shape index (κ1) is 25.2. The van der Waals surface area contributed by atoms with Crippen LogP contribution >= 0.6 is 35.0 Å². The van der Waals surface area contributed by atoms with E-state index in [-0.39, 0.29) is 28.3 Å². The van der Waals surface area contributed by atoms with Gasteiger partial charge in [0.1, 0.15) is 11.3 Å². The zero-order valence-electron chi connectivity index (χ0n) is 18.2. The van der Waals surface area contributed by atoms with Gasteiger partial charge < -0.3 is 14.5 Å². The quantitative estimate of drug-likeness (QED) is 0.269. The van der Waals surface area contributed by atoms with Crippen LogP contribution in [0.25, 0.3) is 11.1 Å². The van der Waals surface area contributed by atoms with Crippen LogP contribution in [0.4, 0.5) is 5.69 Å². The van der Waals surface area contributed by atoms with Gasteiger partial charge in [0, 0.05) is 22.3 Å². The second-order valence-electron chi connectivity index (χ2n) is 7.24. The molecule has 0 spiro atoms. The van der Waals surface area contributed by atoms with Crippen molar-refractivity contribution in [2.45, 2.75) is 16.7 Å². The predicted molar refractivity (Wildman–Crippen MR) is 137 cm³/mol. The number of hydrogen-bond donors (Lipinski definition) is 2. The monoisotopic (exact) mass is 551 g/mol. The molecule has 12 heteroatoms. The van der Waals surface area contributed by atoms with E-state index >= 15 is 0 Å². The Morgan fingerprint density at radius 1 is 1.09 bits per heavy atom. The fourth-order valence-corrected chi connectivity index (χ4v) is 5.25. The molecule has 0 saturated carbocycles. The zero-order chi connectivity index (χ0) is 25.0. The molecule has 0 fully saturated rings. The summed E-state index contributed by atoms with van der Waals surface area (Å²) in [5.41, 5.74) is 1.91. The Balaban J connectivity index is 1.38. The van der Waals surface area contributed by atoms with E-state index in [1.807, 2.05) is 0 Å². The van der Waals surface area contributed by atoms with Gasteiger partial charge in [0.2, 0.25) is 5.91 Å². The number of nitrogens with one attached hydrogen (secondary N) is 2. The number of rotatable bonds is 9. The Labute approximate surface area is 216 Å². The molecule has 182 valence electrons. The average Bonchev–Trinajstić information content (AvgIpc) is 3.25. The molecule has 0 atom stereocenters. The van der Waals surface area contributed by atoms with E-state index in [0.29, 0.717) is 32.6 Å². The number of hydrogen-bond acceptors (Lipinski definition) is 7. The second-order valence-corrected chi connectivity index (χ2v) is 10.7. The van der Waals surface area contributed by atoms with Crippen molar-refractivity contribution < 1.29 is 22.4 Å². The predicted octanol–water partition coefficient (Wildman–Crippen LogP) is 5.35. The summed E-state index contributed by atoms with van der Waals surface area (Å²) in [6, 6.07) is 15.9. The fourth-order valence-electron chi connectivity index (χ4n) is 3.03. The van der Waals surface area contributed by atoms with Gasteiger partial charge in [-0.05, 0) is 60.2 Å². The Bertz CT molecular complexity index is 1470. The smallest absolute Gasteiger partial charge is 0.261 e. The first-order valence-corrected chi connectivity index (χ1v) is 13.4. The van der Waals surface area contributed by atoms with Crippen molar-refractivity contribution in [1.82, 2.24) is 10.3 Å². The summed E-state index contributed by atoms with van der Waals surface area (Å²) in [6.07, 6.45) is 0. The minimum atomic E-state index is -3.84. The summed E-state index contributed by atoms with van der Waals surface area (Å²) in [6.45, 7) is 0.255. The molecule has 1 aromatic heterocycles. The fraction of sp³-hybridized carbons (Fsp3) is 0.130. The molecule has 8 nitrogen and oxygen atoms in total. The lowest BCUT2D eigenvalue weighted by Gasteiger charge is -2.08. The molecule has 1 heterocycles. The minimum Gasteiger partial charge on any atom is -0.497 e. The molecule has 4 aromatic rings. The molecule has 0 bridgehead atoms. The maximum Gasteiger partial charge on any atom is 0.261 e. The summed E-state index contributed by atoms with van der Waals surface area (Å²) >= 11 is 13.1. The molecule has 0 aliphatic rings. The average molecular weight is 552 g/mol. The van der Waals surface area contributed by atoms with E-state index in [1.54, 1.807) is 42.5 Å². The summed E-state index contributed by atoms with van der Waals surface area (Å²) in [4.78, 5) is 16.5. The van der Waals surface area contributed by atoms with Gasteiger partial charge in [0.15, 0.2) is 5.58 Å². The van der Waals surface area contributed by atoms with Gasteiger partial charge in [-0.2, -0.15) is 0 Å². The second kappa shape index (κ2) is 10.8. The number of oxazole rings is 1. The van der Waals surface area contributed by atoms with Crippen LogP contribution in [0, 0.1) is 0 Å². The molecule has 0 aliphatic carbocycles. The van der Waals surface area contributed by atoms with E-state index in [9.17, 15) is 13.2 Å². The molecule has 0 aliphatic heterocycles. The van der Waals surface area contributed by atoms with Crippen molar-refractivity contribution >= 4 is 67.7 Å². The number of aromatic nitrogens is 1. The molecule has 4 rings (SSSR count). The Hall–Kier alpha value is -2.92. The van der Waals surface area contributed by atoms with E-state index in [2.05, 4.69) is 15.0 Å². The summed E-state index contributed by atoms with van der Waals surface area (Å²) in [5.74, 6) is 0.432. The lowest BCUT2D eigenvalue weighted by atomic mass is 10.2. The number of ether oxygens (including phenoxy) is 1. The highest BCUT2D eigenvalue weighted by molar-refractivity contribution is 7.99. The maximum absolute atomic E-state index is 12.8. The van der Waals surface area contributed by atoms with Crippen molar-refractivity contribution in [2.24, 2.45) is 0 Å². The summed E-state index contributed by atoms with van der Waals surface area (Å²) in [5, 5.41) is 4.00. The number of anilines is 1. The number of benzene rings is 3. The van der Waals surface area contributed by atoms with Gasteiger partial charge in [0.05, 0.1) is 17.8 Å². The van der Waals surface area contributed by atoms with Crippen molar-refractivity contribution in [3.05, 3.63) is 76.3 Å². The van der Waals surface area contributed by atoms with Crippen molar-refractivity contribution in [1.29, 1.82) is 0 Å². The third-order valence-electron chi connectivity index (χ3n) is 4.81. The van der Waals surface area contributed by atoms with Crippen molar-refractivity contribution in [3.63, 3.8) is 0 Å². The van der Waals surface area contributed by atoms with Crippen LogP contribution in [0.15, 0.2) is 75.2 Å². The van der Waals surface area contributed by atoms with Gasteiger partial charge in [-0.3, -0.25) is 9.52 Å². The van der Waals surface area contributed by atoms with Gasteiger partial charge in [-0.15, -0.1) is 0 Å². The number of carbonyl (C=O) groups is 1. The molecule has 3 aromatic carbocycles. The SMILES string of the molecule is COc1ccc(NS(=O)(=O)c2ccc3oc(SCC(=O)NCc4ccc(Cl)cc4Cl)nc3c2)cc1. The van der Waals surface area contributed by atoms with Crippen LogP contribution in [0.5, 0.6) is 5.75 Å². The van der Waals surface area contributed by atoms with Crippen LogP contribution < -0.4 is 14.8 Å². The van der Waals surface area contributed by atoms with E-state index in [4.69, 9.17) is 32.4 Å². The highest BCUT2D eigenvalue weighted by atomic mass is 35.5. The van der Waals surface area contributed by atoms with E-state index in [0.717, 1.165) is 17.3 Å². The molecule has 0 saturated heterocycles. The Morgan fingerprint density at radius 3 is 2.57 bits per heavy atom. The van der Waals surface area contributed by atoms with Crippen LogP contribution in [0.1, 0.15) is 5.56 Å². The van der Waals surface area contributed by atoms with Gasteiger partial charge in [0.25, 0.3) is 15.2 Å². The largest absolute Gasteiger partial charge is 0.497 e. The van der Waals surface area contributed by atoms with Crippen LogP contribution in [-0.4, -0.2) is 32.2 Å². The zero-order valence-corrected chi connectivity index (χ0v) is 21.4. The molecule has 0 unspecified atom stereocenters. The third kappa shape index (κ3) is 6.40. The number of sulfonamides is 1. The third-order valence-corrected chi connectivity index (χ3v) is 7.60. The number of thioether (sulfide) groups is 1. The number of carbonyl (C=O) groups excluding carboxylic acids is 1. The van der Waals surface area contributed by atoms with Crippen molar-refractivity contribution in [2.75, 3.05) is 17.6 Å². The van der Waals surface area contributed by atoms with Gasteiger partial charge in [-0.1, -0.05) is 41.0 Å². The number of amides is 1. The van der Waals surface area contributed by atoms with E-state index in [1.165, 1.54) is 25.3 Å². The summed E-state index contributed by atoms with van der Waals surface area (Å²) in [7, 11) is -2.31. The highest BCUT2D eigenvalue weighted by Gasteiger charge is 2.17.